The molecule has 0 unspecified atom stereocenters. The molecule has 30 heavy (non-hydrogen) atoms. The van der Waals surface area contributed by atoms with Crippen LogP contribution in [0.25, 0.3) is 11.0 Å². The minimum atomic E-state index is -4.59. The van der Waals surface area contributed by atoms with Crippen LogP contribution in [0.15, 0.2) is 49.1 Å². The number of benzene rings is 1. The minimum Gasteiger partial charge on any atom is -0.350 e. The number of aromatic amines is 1. The van der Waals surface area contributed by atoms with Gasteiger partial charge in [-0.3, -0.25) is 0 Å². The van der Waals surface area contributed by atoms with Crippen molar-refractivity contribution in [3.8, 4) is 0 Å². The molecule has 4 rings (SSSR count). The van der Waals surface area contributed by atoms with Gasteiger partial charge in [0.2, 0.25) is 5.95 Å². The van der Waals surface area contributed by atoms with Crippen LogP contribution in [0.2, 0.25) is 5.02 Å². The van der Waals surface area contributed by atoms with Crippen molar-refractivity contribution in [2.24, 2.45) is 0 Å². The molecule has 3 aromatic heterocycles. The van der Waals surface area contributed by atoms with Crippen LogP contribution in [0.1, 0.15) is 22.3 Å². The fourth-order valence-corrected chi connectivity index (χ4v) is 3.14. The summed E-state index contributed by atoms with van der Waals surface area (Å²) in [5.74, 6) is -0.706. The summed E-state index contributed by atoms with van der Waals surface area (Å²) in [5, 5.41) is 4.25. The lowest BCUT2D eigenvalue weighted by molar-refractivity contribution is -0.137. The molecular weight excluding hydrogens is 422 g/mol. The van der Waals surface area contributed by atoms with Crippen molar-refractivity contribution in [3.05, 3.63) is 82.1 Å². The number of H-pyrrole nitrogens is 1. The lowest BCUT2D eigenvalue weighted by Crippen LogP contribution is -2.09. The molecule has 1 aromatic carbocycles. The number of hydrogen-bond acceptors (Lipinski definition) is 4. The summed E-state index contributed by atoms with van der Waals surface area (Å²) in [6.45, 7) is -0.0457. The number of alkyl halides is 3. The van der Waals surface area contributed by atoms with Crippen LogP contribution < -0.4 is 5.32 Å². The van der Waals surface area contributed by atoms with Crippen molar-refractivity contribution in [1.82, 2.24) is 19.9 Å². The van der Waals surface area contributed by atoms with Crippen molar-refractivity contribution in [2.45, 2.75) is 19.1 Å². The highest BCUT2D eigenvalue weighted by Gasteiger charge is 2.31. The Labute approximate surface area is 173 Å². The summed E-state index contributed by atoms with van der Waals surface area (Å²) in [6.07, 6.45) is 2.61. The molecule has 3 heterocycles. The standard InChI is InChI=1S/C20H14ClF4N5/c21-15-5-16-13(9-26-18(16)27-10-15)3-11-6-28-19(29-7-11)30-8-12-1-2-14(4-17(12)22)20(23,24)25/h1-2,4-7,9-10H,3,8H2,(H,26,27)(H,28,29,30). The van der Waals surface area contributed by atoms with Crippen LogP contribution in [-0.4, -0.2) is 19.9 Å². The maximum Gasteiger partial charge on any atom is 0.416 e. The topological polar surface area (TPSA) is 66.5 Å². The fraction of sp³-hybridized carbons (Fsp3) is 0.150. The van der Waals surface area contributed by atoms with Gasteiger partial charge in [-0.1, -0.05) is 17.7 Å². The average molecular weight is 436 g/mol. The van der Waals surface area contributed by atoms with Crippen LogP contribution in [-0.2, 0) is 19.1 Å². The summed E-state index contributed by atoms with van der Waals surface area (Å²) >= 11 is 6.01. The van der Waals surface area contributed by atoms with Gasteiger partial charge in [0.15, 0.2) is 0 Å². The van der Waals surface area contributed by atoms with Crippen molar-refractivity contribution in [3.63, 3.8) is 0 Å². The molecule has 2 N–H and O–H groups in total. The quantitative estimate of drug-likeness (QED) is 0.414. The molecule has 5 nitrogen and oxygen atoms in total. The van der Waals surface area contributed by atoms with Gasteiger partial charge >= 0.3 is 6.18 Å². The van der Waals surface area contributed by atoms with Crippen LogP contribution in [0.3, 0.4) is 0 Å². The number of halogens is 5. The van der Waals surface area contributed by atoms with E-state index >= 15 is 0 Å². The average Bonchev–Trinajstić information content (AvgIpc) is 3.09. The number of nitrogens with zero attached hydrogens (tertiary/aromatic N) is 3. The molecule has 0 spiro atoms. The van der Waals surface area contributed by atoms with Crippen LogP contribution >= 0.6 is 11.6 Å². The first kappa shape index (κ1) is 20.1. The highest BCUT2D eigenvalue weighted by Crippen LogP contribution is 2.30. The van der Waals surface area contributed by atoms with E-state index in [4.69, 9.17) is 11.6 Å². The Kier molecular flexibility index (Phi) is 5.29. The number of fused-ring (bicyclic) bond motifs is 1. The molecule has 10 heteroatoms. The summed E-state index contributed by atoms with van der Waals surface area (Å²) < 4.78 is 51.8. The van der Waals surface area contributed by atoms with E-state index < -0.39 is 17.6 Å². The Hall–Kier alpha value is -3.20. The van der Waals surface area contributed by atoms with E-state index in [1.165, 1.54) is 0 Å². The number of aromatic nitrogens is 4. The van der Waals surface area contributed by atoms with Crippen molar-refractivity contribution < 1.29 is 17.6 Å². The molecule has 0 radical (unpaired) electrons. The Balaban J connectivity index is 1.42. The minimum absolute atomic E-state index is 0.0457. The van der Waals surface area contributed by atoms with Crippen LogP contribution in [0.4, 0.5) is 23.5 Å². The van der Waals surface area contributed by atoms with E-state index in [9.17, 15) is 17.6 Å². The molecule has 0 aliphatic heterocycles. The van der Waals surface area contributed by atoms with Crippen LogP contribution in [0, 0.1) is 5.82 Å². The first-order valence-corrected chi connectivity index (χ1v) is 9.19. The number of nitrogens with one attached hydrogen (secondary N) is 2. The smallest absolute Gasteiger partial charge is 0.350 e. The Morgan fingerprint density at radius 3 is 2.47 bits per heavy atom. The SMILES string of the molecule is Fc1cc(C(F)(F)F)ccc1CNc1ncc(Cc2c[nH]c3ncc(Cl)cc23)cn1. The monoisotopic (exact) mass is 435 g/mol. The number of hydrogen-bond donors (Lipinski definition) is 2. The van der Waals surface area contributed by atoms with Gasteiger partial charge in [-0.25, -0.2) is 19.3 Å². The highest BCUT2D eigenvalue weighted by atomic mass is 35.5. The molecule has 0 bridgehead atoms. The van der Waals surface area contributed by atoms with E-state index in [2.05, 4.69) is 25.3 Å². The number of pyridine rings is 1. The van der Waals surface area contributed by atoms with Crippen molar-refractivity contribution in [2.75, 3.05) is 5.32 Å². The second kappa shape index (κ2) is 7.91. The van der Waals surface area contributed by atoms with Gasteiger partial charge in [0, 0.05) is 48.7 Å². The first-order valence-electron chi connectivity index (χ1n) is 8.81. The lowest BCUT2D eigenvalue weighted by atomic mass is 10.1. The molecule has 0 fully saturated rings. The van der Waals surface area contributed by atoms with Gasteiger partial charge in [-0.15, -0.1) is 0 Å². The van der Waals surface area contributed by atoms with E-state index in [0.29, 0.717) is 17.5 Å². The van der Waals surface area contributed by atoms with Gasteiger partial charge < -0.3 is 10.3 Å². The molecule has 154 valence electrons. The third kappa shape index (κ3) is 4.35. The van der Waals surface area contributed by atoms with E-state index in [1.54, 1.807) is 18.6 Å². The van der Waals surface area contributed by atoms with Gasteiger partial charge in [-0.05, 0) is 29.3 Å². The maximum atomic E-state index is 13.9. The fourth-order valence-electron chi connectivity index (χ4n) is 2.98. The normalized spacial score (nSPS) is 11.8. The second-order valence-electron chi connectivity index (χ2n) is 6.61. The van der Waals surface area contributed by atoms with Crippen LogP contribution in [0.5, 0.6) is 0 Å². The molecule has 0 saturated carbocycles. The summed E-state index contributed by atoms with van der Waals surface area (Å²) in [4.78, 5) is 15.7. The zero-order chi connectivity index (χ0) is 21.3. The Morgan fingerprint density at radius 2 is 1.77 bits per heavy atom. The largest absolute Gasteiger partial charge is 0.416 e. The zero-order valence-corrected chi connectivity index (χ0v) is 16.0. The van der Waals surface area contributed by atoms with E-state index in [0.717, 1.165) is 34.3 Å². The maximum absolute atomic E-state index is 13.9. The summed E-state index contributed by atoms with van der Waals surface area (Å²) in [7, 11) is 0. The molecule has 0 aliphatic rings. The molecule has 0 amide bonds. The third-order valence-electron chi connectivity index (χ3n) is 4.50. The first-order chi connectivity index (χ1) is 14.3. The second-order valence-corrected chi connectivity index (χ2v) is 7.05. The molecule has 0 saturated heterocycles. The summed E-state index contributed by atoms with van der Waals surface area (Å²) in [6, 6.07) is 4.23. The van der Waals surface area contributed by atoms with Crippen molar-refractivity contribution in [1.29, 1.82) is 0 Å². The third-order valence-corrected chi connectivity index (χ3v) is 4.71. The van der Waals surface area contributed by atoms with Gasteiger partial charge in [0.1, 0.15) is 11.5 Å². The van der Waals surface area contributed by atoms with Gasteiger partial charge in [0.05, 0.1) is 10.6 Å². The highest BCUT2D eigenvalue weighted by molar-refractivity contribution is 6.31. The molecule has 0 aliphatic carbocycles. The molecule has 4 aromatic rings. The lowest BCUT2D eigenvalue weighted by Gasteiger charge is -2.10. The number of rotatable bonds is 5. The zero-order valence-electron chi connectivity index (χ0n) is 15.3. The predicted molar refractivity (Wildman–Crippen MR) is 105 cm³/mol. The summed E-state index contributed by atoms with van der Waals surface area (Å²) in [5.41, 5.74) is 1.60. The van der Waals surface area contributed by atoms with E-state index in [-0.39, 0.29) is 18.1 Å². The van der Waals surface area contributed by atoms with Gasteiger partial charge in [-0.2, -0.15) is 13.2 Å². The number of anilines is 1. The predicted octanol–water partition coefficient (Wildman–Crippen LogP) is 5.37. The van der Waals surface area contributed by atoms with Gasteiger partial charge in [0.25, 0.3) is 0 Å². The Morgan fingerprint density at radius 1 is 1.00 bits per heavy atom. The molecular formula is C20H14ClF4N5. The molecule has 0 atom stereocenters. The Bertz CT molecular complexity index is 1190. The van der Waals surface area contributed by atoms with Crippen molar-refractivity contribution >= 4 is 28.6 Å². The van der Waals surface area contributed by atoms with E-state index in [1.807, 2.05) is 12.3 Å².